The summed E-state index contributed by atoms with van der Waals surface area (Å²) in [5.41, 5.74) is 0.786. The second-order valence-corrected chi connectivity index (χ2v) is 4.62. The first kappa shape index (κ1) is 11.0. The summed E-state index contributed by atoms with van der Waals surface area (Å²) < 4.78 is 5.50. The average molecular weight is 244 g/mol. The molecule has 0 saturated heterocycles. The van der Waals surface area contributed by atoms with Gasteiger partial charge in [-0.3, -0.25) is 4.79 Å². The van der Waals surface area contributed by atoms with Crippen LogP contribution in [0.15, 0.2) is 36.1 Å². The van der Waals surface area contributed by atoms with Crippen LogP contribution >= 0.6 is 0 Å². The van der Waals surface area contributed by atoms with E-state index in [-0.39, 0.29) is 11.5 Å². The number of benzene rings is 1. The predicted molar refractivity (Wildman–Crippen MR) is 62.9 cm³/mol. The lowest BCUT2D eigenvalue weighted by atomic mass is 9.77. The van der Waals surface area contributed by atoms with Crippen LogP contribution < -0.4 is 0 Å². The molecule has 0 bridgehead atoms. The standard InChI is InChI=1S/C14H12O4/c15-12-8-11(13(16)17)18-14(12)7-3-5-9-4-1-2-6-10(9)14/h1-2,4,6,8H,3,5,7H2,(H,16,17)/t14-/m1/s1. The molecule has 2 aliphatic rings. The van der Waals surface area contributed by atoms with Crippen LogP contribution in [0.5, 0.6) is 0 Å². The van der Waals surface area contributed by atoms with Gasteiger partial charge >= 0.3 is 5.97 Å². The zero-order chi connectivity index (χ0) is 12.8. The van der Waals surface area contributed by atoms with Gasteiger partial charge in [-0.25, -0.2) is 4.79 Å². The Morgan fingerprint density at radius 1 is 1.33 bits per heavy atom. The number of ketones is 1. The van der Waals surface area contributed by atoms with Gasteiger partial charge in [0.1, 0.15) is 0 Å². The van der Waals surface area contributed by atoms with Crippen molar-refractivity contribution in [2.45, 2.75) is 24.9 Å². The van der Waals surface area contributed by atoms with E-state index in [1.54, 1.807) is 0 Å². The van der Waals surface area contributed by atoms with Crippen molar-refractivity contribution in [2.75, 3.05) is 0 Å². The first-order valence-electron chi connectivity index (χ1n) is 5.90. The first-order chi connectivity index (χ1) is 8.63. The van der Waals surface area contributed by atoms with Gasteiger partial charge in [-0.05, 0) is 24.8 Å². The lowest BCUT2D eigenvalue weighted by Crippen LogP contribution is -2.37. The summed E-state index contributed by atoms with van der Waals surface area (Å²) in [7, 11) is 0. The summed E-state index contributed by atoms with van der Waals surface area (Å²) >= 11 is 0. The molecule has 0 unspecified atom stereocenters. The molecule has 0 fully saturated rings. The maximum atomic E-state index is 12.2. The largest absolute Gasteiger partial charge is 0.475 e. The molecule has 1 atom stereocenters. The van der Waals surface area contributed by atoms with Crippen LogP contribution in [0, 0.1) is 0 Å². The number of carbonyl (C=O) groups excluding carboxylic acids is 1. The Morgan fingerprint density at radius 2 is 2.11 bits per heavy atom. The molecule has 1 aliphatic heterocycles. The van der Waals surface area contributed by atoms with E-state index < -0.39 is 11.6 Å². The van der Waals surface area contributed by atoms with E-state index in [1.807, 2.05) is 24.3 Å². The fourth-order valence-corrected chi connectivity index (χ4v) is 2.77. The van der Waals surface area contributed by atoms with E-state index in [9.17, 15) is 9.59 Å². The SMILES string of the molecule is O=C(O)C1=CC(=O)[C@]2(CCCc3ccccc32)O1. The molecule has 1 spiro atoms. The van der Waals surface area contributed by atoms with Crippen LogP contribution in [0.3, 0.4) is 0 Å². The van der Waals surface area contributed by atoms with E-state index in [0.717, 1.165) is 30.0 Å². The van der Waals surface area contributed by atoms with Gasteiger partial charge < -0.3 is 9.84 Å². The molecule has 92 valence electrons. The molecule has 0 radical (unpaired) electrons. The molecule has 1 aromatic rings. The molecule has 3 rings (SSSR count). The highest BCUT2D eigenvalue weighted by atomic mass is 16.5. The molecule has 4 nitrogen and oxygen atoms in total. The highest BCUT2D eigenvalue weighted by Gasteiger charge is 2.49. The maximum absolute atomic E-state index is 12.2. The molecule has 0 aromatic heterocycles. The number of carbonyl (C=O) groups is 2. The van der Waals surface area contributed by atoms with E-state index >= 15 is 0 Å². The number of aliphatic carboxylic acids is 1. The van der Waals surface area contributed by atoms with Crippen molar-refractivity contribution < 1.29 is 19.4 Å². The third kappa shape index (κ3) is 1.38. The maximum Gasteiger partial charge on any atom is 0.371 e. The third-order valence-corrected chi connectivity index (χ3v) is 3.58. The summed E-state index contributed by atoms with van der Waals surface area (Å²) in [4.78, 5) is 23.1. The lowest BCUT2D eigenvalue weighted by Gasteiger charge is -2.33. The molecule has 1 aliphatic carbocycles. The Balaban J connectivity index is 2.10. The quantitative estimate of drug-likeness (QED) is 0.818. The molecule has 0 saturated carbocycles. The Kier molecular flexibility index (Phi) is 2.26. The van der Waals surface area contributed by atoms with Crippen molar-refractivity contribution in [3.63, 3.8) is 0 Å². The number of hydrogen-bond donors (Lipinski definition) is 1. The zero-order valence-electron chi connectivity index (χ0n) is 9.68. The van der Waals surface area contributed by atoms with Gasteiger partial charge in [-0.2, -0.15) is 0 Å². The van der Waals surface area contributed by atoms with Gasteiger partial charge in [0.2, 0.25) is 11.5 Å². The fourth-order valence-electron chi connectivity index (χ4n) is 2.77. The van der Waals surface area contributed by atoms with Crippen molar-refractivity contribution in [3.05, 3.63) is 47.2 Å². The minimum Gasteiger partial charge on any atom is -0.475 e. The van der Waals surface area contributed by atoms with Crippen LogP contribution in [0.1, 0.15) is 24.0 Å². The Hall–Kier alpha value is -2.10. The van der Waals surface area contributed by atoms with Crippen LogP contribution in [-0.2, 0) is 26.3 Å². The Bertz CT molecular complexity index is 573. The van der Waals surface area contributed by atoms with Crippen molar-refractivity contribution >= 4 is 11.8 Å². The van der Waals surface area contributed by atoms with Crippen LogP contribution in [0.4, 0.5) is 0 Å². The molecule has 1 N–H and O–H groups in total. The highest BCUT2D eigenvalue weighted by molar-refractivity contribution is 6.06. The zero-order valence-corrected chi connectivity index (χ0v) is 9.68. The van der Waals surface area contributed by atoms with Gasteiger partial charge in [0.05, 0.1) is 0 Å². The van der Waals surface area contributed by atoms with E-state index in [1.165, 1.54) is 0 Å². The molecule has 0 amide bonds. The number of ether oxygens (including phenoxy) is 1. The molecule has 1 aromatic carbocycles. The minimum absolute atomic E-state index is 0.253. The normalized spacial score (nSPS) is 25.6. The molecule has 18 heavy (non-hydrogen) atoms. The minimum atomic E-state index is -1.19. The van der Waals surface area contributed by atoms with Crippen molar-refractivity contribution in [2.24, 2.45) is 0 Å². The summed E-state index contributed by atoms with van der Waals surface area (Å²) in [5.74, 6) is -1.70. The molecule has 1 heterocycles. The van der Waals surface area contributed by atoms with E-state index in [0.29, 0.717) is 6.42 Å². The second kappa shape index (κ2) is 3.70. The first-order valence-corrected chi connectivity index (χ1v) is 5.90. The third-order valence-electron chi connectivity index (χ3n) is 3.58. The molecule has 4 heteroatoms. The Labute approximate surface area is 104 Å². The predicted octanol–water partition coefficient (Wildman–Crippen LogP) is 1.79. The highest BCUT2D eigenvalue weighted by Crippen LogP contribution is 2.44. The molecular formula is C14H12O4. The summed E-state index contributed by atoms with van der Waals surface area (Å²) in [6.07, 6.45) is 3.36. The number of carboxylic acid groups (broad SMARTS) is 1. The van der Waals surface area contributed by atoms with Crippen molar-refractivity contribution in [3.8, 4) is 0 Å². The number of fused-ring (bicyclic) bond motifs is 2. The number of rotatable bonds is 1. The second-order valence-electron chi connectivity index (χ2n) is 4.62. The van der Waals surface area contributed by atoms with Crippen LogP contribution in [-0.4, -0.2) is 16.9 Å². The van der Waals surface area contributed by atoms with Gasteiger partial charge in [-0.15, -0.1) is 0 Å². The van der Waals surface area contributed by atoms with E-state index in [4.69, 9.17) is 9.84 Å². The summed E-state index contributed by atoms with van der Waals surface area (Å²) in [6, 6.07) is 7.58. The van der Waals surface area contributed by atoms with Crippen LogP contribution in [0.25, 0.3) is 0 Å². The fraction of sp³-hybridized carbons (Fsp3) is 0.286. The topological polar surface area (TPSA) is 63.6 Å². The van der Waals surface area contributed by atoms with Gasteiger partial charge in [0, 0.05) is 11.6 Å². The monoisotopic (exact) mass is 244 g/mol. The van der Waals surface area contributed by atoms with Gasteiger partial charge in [-0.1, -0.05) is 24.3 Å². The van der Waals surface area contributed by atoms with Crippen LogP contribution in [0.2, 0.25) is 0 Å². The number of aryl methyl sites for hydroxylation is 1. The van der Waals surface area contributed by atoms with Crippen molar-refractivity contribution in [1.82, 2.24) is 0 Å². The lowest BCUT2D eigenvalue weighted by molar-refractivity contribution is -0.143. The summed E-state index contributed by atoms with van der Waals surface area (Å²) in [5, 5.41) is 8.95. The average Bonchev–Trinajstić information content (AvgIpc) is 2.69. The van der Waals surface area contributed by atoms with Gasteiger partial charge in [0.25, 0.3) is 0 Å². The Morgan fingerprint density at radius 3 is 2.83 bits per heavy atom. The van der Waals surface area contributed by atoms with Gasteiger partial charge in [0.15, 0.2) is 5.60 Å². The van der Waals surface area contributed by atoms with E-state index in [2.05, 4.69) is 0 Å². The molecular weight excluding hydrogens is 232 g/mol. The number of hydrogen-bond acceptors (Lipinski definition) is 3. The van der Waals surface area contributed by atoms with Crippen molar-refractivity contribution in [1.29, 1.82) is 0 Å². The number of carboxylic acids is 1. The smallest absolute Gasteiger partial charge is 0.371 e. The summed E-state index contributed by atoms with van der Waals surface area (Å²) in [6.45, 7) is 0.